The van der Waals surface area contributed by atoms with Gasteiger partial charge < -0.3 is 0 Å². The van der Waals surface area contributed by atoms with Gasteiger partial charge in [-0.15, -0.1) is 0 Å². The number of fused-ring (bicyclic) bond motifs is 3. The van der Waals surface area contributed by atoms with Crippen LogP contribution < -0.4 is 10.7 Å². The third-order valence-corrected chi connectivity index (χ3v) is 5.40. The van der Waals surface area contributed by atoms with Gasteiger partial charge in [0.25, 0.3) is 0 Å². The Morgan fingerprint density at radius 3 is 2.07 bits per heavy atom. The molecule has 28 heavy (non-hydrogen) atoms. The van der Waals surface area contributed by atoms with Gasteiger partial charge in [-0.25, -0.2) is 0 Å². The van der Waals surface area contributed by atoms with E-state index in [1.807, 2.05) is 42.5 Å². The predicted octanol–water partition coefficient (Wildman–Crippen LogP) is 2.28. The van der Waals surface area contributed by atoms with Gasteiger partial charge in [-0.3, -0.25) is 0 Å². The molecule has 7 heteroatoms. The monoisotopic (exact) mass is 428 g/mol. The zero-order valence-electron chi connectivity index (χ0n) is 14.5. The first kappa shape index (κ1) is 15.6. The summed E-state index contributed by atoms with van der Waals surface area (Å²) in [6.45, 7) is 0. The van der Waals surface area contributed by atoms with E-state index in [1.54, 1.807) is 0 Å². The van der Waals surface area contributed by atoms with Crippen molar-refractivity contribution < 1.29 is 0 Å². The van der Waals surface area contributed by atoms with Gasteiger partial charge in [-0.2, -0.15) is 0 Å². The molecule has 2 N–H and O–H groups in total. The number of hydrogen-bond donors (Lipinski definition) is 2. The molecule has 0 amide bonds. The summed E-state index contributed by atoms with van der Waals surface area (Å²) in [5.41, 5.74) is 5.61. The van der Waals surface area contributed by atoms with E-state index in [-0.39, 0.29) is 0 Å². The zero-order chi connectivity index (χ0) is 18.7. The first-order valence-electron chi connectivity index (χ1n) is 8.81. The normalized spacial score (nSPS) is 12.9. The van der Waals surface area contributed by atoms with Crippen LogP contribution in [0.25, 0.3) is 44.3 Å². The summed E-state index contributed by atoms with van der Waals surface area (Å²) in [4.78, 5) is 9.18. The summed E-state index contributed by atoms with van der Waals surface area (Å²) >= 11 is 2.91. The van der Waals surface area contributed by atoms with Crippen LogP contribution in [0.5, 0.6) is 0 Å². The fourth-order valence-corrected chi connectivity index (χ4v) is 4.16. The molecule has 0 spiro atoms. The van der Waals surface area contributed by atoms with Crippen LogP contribution in [0.15, 0.2) is 70.6 Å². The third-order valence-electron chi connectivity index (χ3n) is 5.01. The minimum atomic E-state index is 0.625. The van der Waals surface area contributed by atoms with Gasteiger partial charge in [0.2, 0.25) is 0 Å². The van der Waals surface area contributed by atoms with Crippen LogP contribution in [0.2, 0.25) is 0 Å². The molecule has 6 rings (SSSR count). The van der Waals surface area contributed by atoms with E-state index in [0.29, 0.717) is 4.67 Å². The van der Waals surface area contributed by atoms with Gasteiger partial charge in [0.15, 0.2) is 0 Å². The number of para-hydroxylation sites is 2. The van der Waals surface area contributed by atoms with Crippen LogP contribution in [-0.2, 0) is 0 Å². The van der Waals surface area contributed by atoms with E-state index in [4.69, 9.17) is 0 Å². The fraction of sp³-hybridized carbons (Fsp3) is 0. The van der Waals surface area contributed by atoms with E-state index >= 15 is 0 Å². The Kier molecular flexibility index (Phi) is 3.23. The van der Waals surface area contributed by atoms with Crippen molar-refractivity contribution in [2.75, 3.05) is 0 Å². The van der Waals surface area contributed by atoms with Gasteiger partial charge in [0.1, 0.15) is 0 Å². The number of aromatic nitrogens is 4. The van der Waals surface area contributed by atoms with Gasteiger partial charge in [-0.05, 0) is 0 Å². The van der Waals surface area contributed by atoms with E-state index < -0.39 is 0 Å². The number of hydrogen-bond acceptors (Lipinski definition) is 4. The average molecular weight is 427 g/mol. The van der Waals surface area contributed by atoms with Gasteiger partial charge >= 0.3 is 166 Å². The molecular formula is C21H12N6Se. The number of nitrogens with one attached hydrogen (secondary N) is 2. The van der Waals surface area contributed by atoms with Crippen LogP contribution in [0.4, 0.5) is 0 Å². The molecule has 3 heterocycles. The summed E-state index contributed by atoms with van der Waals surface area (Å²) in [6, 6.07) is 20.2. The predicted molar refractivity (Wildman–Crippen MR) is 110 cm³/mol. The molecular weight excluding hydrogens is 415 g/mol. The molecule has 2 aromatic heterocycles. The summed E-state index contributed by atoms with van der Waals surface area (Å²) in [7, 11) is 0. The van der Waals surface area contributed by atoms with Crippen molar-refractivity contribution in [1.29, 1.82) is 0 Å². The Bertz CT molecular complexity index is 1540. The average Bonchev–Trinajstić information content (AvgIpc) is 3.42. The summed E-state index contributed by atoms with van der Waals surface area (Å²) in [5, 5.41) is 19.3. The molecule has 1 aliphatic heterocycles. The first-order chi connectivity index (χ1) is 13.8. The molecule has 5 aromatic rings. The van der Waals surface area contributed by atoms with Gasteiger partial charge in [0, 0.05) is 0 Å². The fourth-order valence-electron chi connectivity index (χ4n) is 3.77. The molecule has 6 nitrogen and oxygen atoms in total. The molecule has 0 aliphatic carbocycles. The minimum absolute atomic E-state index is 0.625. The van der Waals surface area contributed by atoms with Crippen LogP contribution in [0.3, 0.4) is 0 Å². The second-order valence-electron chi connectivity index (χ2n) is 6.60. The SMILES string of the molecule is [Se]=C1N=c2ccc(-c3n[nH]c4ccccc34)c(-c3n[nH]c4ccccc34)c2=N1. The topological polar surface area (TPSA) is 82.1 Å². The number of benzene rings is 3. The summed E-state index contributed by atoms with van der Waals surface area (Å²) < 4.78 is 0.625. The van der Waals surface area contributed by atoms with Gasteiger partial charge in [-0.1, -0.05) is 0 Å². The van der Waals surface area contributed by atoms with Crippen LogP contribution >= 0.6 is 0 Å². The number of nitrogens with zero attached hydrogens (tertiary/aromatic N) is 4. The Morgan fingerprint density at radius 2 is 1.32 bits per heavy atom. The number of aromatic amines is 2. The molecule has 3 aromatic carbocycles. The van der Waals surface area contributed by atoms with Crippen LogP contribution in [0, 0.1) is 0 Å². The van der Waals surface area contributed by atoms with Crippen LogP contribution in [0.1, 0.15) is 0 Å². The summed E-state index contributed by atoms with van der Waals surface area (Å²) in [6.07, 6.45) is 0. The Balaban J connectivity index is 1.77. The molecule has 132 valence electrons. The maximum atomic E-state index is 4.67. The second-order valence-corrected chi connectivity index (χ2v) is 7.36. The van der Waals surface area contributed by atoms with E-state index in [9.17, 15) is 0 Å². The zero-order valence-corrected chi connectivity index (χ0v) is 16.2. The molecule has 0 unspecified atom stereocenters. The van der Waals surface area contributed by atoms with Crippen molar-refractivity contribution in [2.24, 2.45) is 9.98 Å². The molecule has 1 aliphatic rings. The third kappa shape index (κ3) is 2.17. The second kappa shape index (κ2) is 5.79. The molecule has 0 bridgehead atoms. The van der Waals surface area contributed by atoms with Crippen molar-refractivity contribution in [3.05, 3.63) is 71.4 Å². The Labute approximate surface area is 166 Å². The molecule has 0 radical (unpaired) electrons. The maximum absolute atomic E-state index is 4.67. The molecule has 0 saturated heterocycles. The van der Waals surface area contributed by atoms with E-state index in [0.717, 1.165) is 55.0 Å². The standard InChI is InChI=1S/C21H12N6Se/c28-21-22-16-10-9-13(18-11-5-1-3-7-14(11)24-26-18)17(20(16)23-21)19-12-6-2-4-8-15(12)25-27-19/h1-10H,(H,24,26)(H,25,27). The Morgan fingerprint density at radius 1 is 0.679 bits per heavy atom. The molecule has 0 saturated carbocycles. The van der Waals surface area contributed by atoms with Gasteiger partial charge in [0.05, 0.1) is 0 Å². The van der Waals surface area contributed by atoms with Crippen LogP contribution in [-0.4, -0.2) is 40.6 Å². The van der Waals surface area contributed by atoms with Crippen molar-refractivity contribution in [2.45, 2.75) is 0 Å². The number of H-pyrrole nitrogens is 2. The van der Waals surface area contributed by atoms with E-state index in [1.165, 1.54) is 0 Å². The van der Waals surface area contributed by atoms with Crippen molar-refractivity contribution in [3.8, 4) is 22.5 Å². The first-order valence-corrected chi connectivity index (χ1v) is 9.66. The van der Waals surface area contributed by atoms with Crippen molar-refractivity contribution >= 4 is 42.0 Å². The molecule has 0 fully saturated rings. The van der Waals surface area contributed by atoms with Crippen molar-refractivity contribution in [3.63, 3.8) is 0 Å². The van der Waals surface area contributed by atoms with Crippen molar-refractivity contribution in [1.82, 2.24) is 20.4 Å². The number of rotatable bonds is 2. The van der Waals surface area contributed by atoms with E-state index in [2.05, 4.69) is 64.2 Å². The Hall–Kier alpha value is -3.41. The molecule has 0 atom stereocenters. The summed E-state index contributed by atoms with van der Waals surface area (Å²) in [5.74, 6) is 0. The quantitative estimate of drug-likeness (QED) is 0.424.